The number of nitrogens with one attached hydrogen (secondary N) is 1. The minimum absolute atomic E-state index is 0.144. The molecule has 0 radical (unpaired) electrons. The number of carbonyl (C=O) groups excluding carboxylic acids is 1. The molecule has 0 spiro atoms. The van der Waals surface area contributed by atoms with Crippen LogP contribution in [0.15, 0.2) is 28.3 Å². The molecule has 10 heteroatoms. The topological polar surface area (TPSA) is 93.9 Å². The molecule has 0 bridgehead atoms. The molecule has 118 valence electrons. The molecular formula is C12H11F3N4O2S. The van der Waals surface area contributed by atoms with Gasteiger partial charge in [-0.25, -0.2) is 4.79 Å². The van der Waals surface area contributed by atoms with Crippen molar-refractivity contribution < 1.29 is 22.7 Å². The van der Waals surface area contributed by atoms with Crippen molar-refractivity contribution in [3.63, 3.8) is 0 Å². The molecule has 0 aliphatic rings. The summed E-state index contributed by atoms with van der Waals surface area (Å²) >= 11 is 0.804. The van der Waals surface area contributed by atoms with Crippen LogP contribution in [0.4, 0.5) is 18.9 Å². The van der Waals surface area contributed by atoms with E-state index in [9.17, 15) is 18.0 Å². The smallest absolute Gasteiger partial charge is 0.451 e. The molecule has 2 rings (SSSR count). The van der Waals surface area contributed by atoms with Gasteiger partial charge in [0.2, 0.25) is 11.0 Å². The van der Waals surface area contributed by atoms with Crippen molar-refractivity contribution in [2.24, 2.45) is 0 Å². The predicted octanol–water partition coefficient (Wildman–Crippen LogP) is 2.73. The monoisotopic (exact) mass is 332 g/mol. The van der Waals surface area contributed by atoms with E-state index in [1.54, 1.807) is 12.0 Å². The first-order valence-corrected chi connectivity index (χ1v) is 6.87. The van der Waals surface area contributed by atoms with Crippen LogP contribution in [-0.2, 0) is 10.9 Å². The van der Waals surface area contributed by atoms with Gasteiger partial charge in [-0.1, -0.05) is 0 Å². The van der Waals surface area contributed by atoms with Crippen molar-refractivity contribution in [1.82, 2.24) is 15.2 Å². The van der Waals surface area contributed by atoms with Crippen molar-refractivity contribution in [3.05, 3.63) is 29.6 Å². The fourth-order valence-electron chi connectivity index (χ4n) is 1.52. The SMILES string of the molecule is CCOC(=O)c1cc(N)ccc1Sc1n[nH]c(C(F)(F)F)n1. The molecule has 0 aliphatic heterocycles. The first kappa shape index (κ1) is 16.1. The highest BCUT2D eigenvalue weighted by molar-refractivity contribution is 7.99. The molecule has 1 aromatic carbocycles. The molecule has 1 aromatic heterocycles. The van der Waals surface area contributed by atoms with Gasteiger partial charge < -0.3 is 10.5 Å². The summed E-state index contributed by atoms with van der Waals surface area (Å²) in [7, 11) is 0. The standard InChI is InChI=1S/C12H11F3N4O2S/c1-2-21-9(20)7-5-6(16)3-4-8(7)22-11-17-10(18-19-11)12(13,14)15/h3-5H,2,16H2,1H3,(H,17,18,19). The number of ether oxygens (including phenoxy) is 1. The van der Waals surface area contributed by atoms with Crippen LogP contribution in [-0.4, -0.2) is 27.8 Å². The van der Waals surface area contributed by atoms with E-state index >= 15 is 0 Å². The third-order valence-corrected chi connectivity index (χ3v) is 3.37. The van der Waals surface area contributed by atoms with Crippen molar-refractivity contribution in [1.29, 1.82) is 0 Å². The van der Waals surface area contributed by atoms with Gasteiger partial charge in [-0.15, -0.1) is 5.10 Å². The average Bonchev–Trinajstić information content (AvgIpc) is 2.89. The van der Waals surface area contributed by atoms with Crippen molar-refractivity contribution in [2.75, 3.05) is 12.3 Å². The minimum Gasteiger partial charge on any atom is -0.462 e. The zero-order valence-electron chi connectivity index (χ0n) is 11.3. The maximum absolute atomic E-state index is 12.5. The third-order valence-electron chi connectivity index (χ3n) is 2.43. The van der Waals surface area contributed by atoms with Crippen LogP contribution < -0.4 is 5.73 Å². The van der Waals surface area contributed by atoms with E-state index in [0.717, 1.165) is 11.8 Å². The quantitative estimate of drug-likeness (QED) is 0.660. The number of anilines is 1. The number of H-pyrrole nitrogens is 1. The number of nitrogens with two attached hydrogens (primary N) is 1. The van der Waals surface area contributed by atoms with E-state index in [0.29, 0.717) is 10.6 Å². The molecule has 1 heterocycles. The first-order valence-electron chi connectivity index (χ1n) is 6.05. The maximum Gasteiger partial charge on any atom is 0.451 e. The number of aromatic amines is 1. The summed E-state index contributed by atoms with van der Waals surface area (Å²) in [5.74, 6) is -1.83. The Balaban J connectivity index is 2.29. The number of nitrogen functional groups attached to an aromatic ring is 1. The van der Waals surface area contributed by atoms with Crippen LogP contribution in [0, 0.1) is 0 Å². The van der Waals surface area contributed by atoms with Gasteiger partial charge in [0, 0.05) is 10.6 Å². The molecule has 0 fully saturated rings. The second kappa shape index (κ2) is 6.26. The van der Waals surface area contributed by atoms with E-state index in [2.05, 4.69) is 10.1 Å². The summed E-state index contributed by atoms with van der Waals surface area (Å²) < 4.78 is 42.3. The number of halogens is 3. The molecule has 6 nitrogen and oxygen atoms in total. The fraction of sp³-hybridized carbons (Fsp3) is 0.250. The van der Waals surface area contributed by atoms with Gasteiger partial charge in [0.15, 0.2) is 0 Å². The van der Waals surface area contributed by atoms with Crippen molar-refractivity contribution in [3.8, 4) is 0 Å². The largest absolute Gasteiger partial charge is 0.462 e. The highest BCUT2D eigenvalue weighted by atomic mass is 32.2. The molecule has 0 saturated heterocycles. The summed E-state index contributed by atoms with van der Waals surface area (Å²) in [6, 6.07) is 4.40. The molecule has 3 N–H and O–H groups in total. The molecule has 0 amide bonds. The Bertz CT molecular complexity index is 687. The Morgan fingerprint density at radius 2 is 2.18 bits per heavy atom. The molecule has 0 saturated carbocycles. The van der Waals surface area contributed by atoms with Crippen molar-refractivity contribution in [2.45, 2.75) is 23.2 Å². The van der Waals surface area contributed by atoms with Crippen LogP contribution in [0.1, 0.15) is 23.1 Å². The molecule has 2 aromatic rings. The van der Waals surface area contributed by atoms with Gasteiger partial charge in [0.25, 0.3) is 0 Å². The van der Waals surface area contributed by atoms with E-state index in [1.807, 2.05) is 0 Å². The Morgan fingerprint density at radius 3 is 2.77 bits per heavy atom. The number of aromatic nitrogens is 3. The summed E-state index contributed by atoms with van der Waals surface area (Å²) in [5, 5.41) is 5.11. The molecule has 0 unspecified atom stereocenters. The van der Waals surface area contributed by atoms with Crippen LogP contribution in [0.25, 0.3) is 0 Å². The Kier molecular flexibility index (Phi) is 4.59. The van der Waals surface area contributed by atoms with E-state index in [1.165, 1.54) is 18.2 Å². The highest BCUT2D eigenvalue weighted by Crippen LogP contribution is 2.32. The number of rotatable bonds is 4. The fourth-order valence-corrected chi connectivity index (χ4v) is 2.34. The number of hydrogen-bond donors (Lipinski definition) is 2. The lowest BCUT2D eigenvalue weighted by molar-refractivity contribution is -0.144. The number of esters is 1. The Labute approximate surface area is 127 Å². The van der Waals surface area contributed by atoms with Gasteiger partial charge in [-0.3, -0.25) is 5.10 Å². The second-order valence-electron chi connectivity index (χ2n) is 4.04. The zero-order chi connectivity index (χ0) is 16.3. The average molecular weight is 332 g/mol. The third kappa shape index (κ3) is 3.70. The lowest BCUT2D eigenvalue weighted by atomic mass is 10.2. The van der Waals surface area contributed by atoms with Crippen LogP contribution >= 0.6 is 11.8 Å². The molecule has 0 atom stereocenters. The Morgan fingerprint density at radius 1 is 1.45 bits per heavy atom. The number of hydrogen-bond acceptors (Lipinski definition) is 6. The van der Waals surface area contributed by atoms with Gasteiger partial charge in [0.05, 0.1) is 12.2 Å². The minimum atomic E-state index is -4.61. The second-order valence-corrected chi connectivity index (χ2v) is 5.05. The van der Waals surface area contributed by atoms with Crippen LogP contribution in [0.5, 0.6) is 0 Å². The lowest BCUT2D eigenvalue weighted by Crippen LogP contribution is -2.07. The van der Waals surface area contributed by atoms with Gasteiger partial charge in [0.1, 0.15) is 0 Å². The normalized spacial score (nSPS) is 11.5. The highest BCUT2D eigenvalue weighted by Gasteiger charge is 2.35. The van der Waals surface area contributed by atoms with Gasteiger partial charge in [-0.2, -0.15) is 18.2 Å². The van der Waals surface area contributed by atoms with Crippen LogP contribution in [0.3, 0.4) is 0 Å². The number of benzene rings is 1. The predicted molar refractivity (Wildman–Crippen MR) is 72.3 cm³/mol. The van der Waals surface area contributed by atoms with E-state index in [4.69, 9.17) is 10.5 Å². The summed E-state index contributed by atoms with van der Waals surface area (Å²) in [5.41, 5.74) is 6.09. The van der Waals surface area contributed by atoms with E-state index < -0.39 is 18.0 Å². The maximum atomic E-state index is 12.5. The zero-order valence-corrected chi connectivity index (χ0v) is 12.1. The number of nitrogens with zero attached hydrogens (tertiary/aromatic N) is 2. The molecular weight excluding hydrogens is 321 g/mol. The number of alkyl halides is 3. The first-order chi connectivity index (χ1) is 10.3. The lowest BCUT2D eigenvalue weighted by Gasteiger charge is -2.07. The van der Waals surface area contributed by atoms with Crippen LogP contribution in [0.2, 0.25) is 0 Å². The Hall–Kier alpha value is -2.23. The molecule has 22 heavy (non-hydrogen) atoms. The summed E-state index contributed by atoms with van der Waals surface area (Å²) in [4.78, 5) is 15.5. The number of carbonyl (C=O) groups is 1. The summed E-state index contributed by atoms with van der Waals surface area (Å²) in [6.45, 7) is 1.80. The van der Waals surface area contributed by atoms with Gasteiger partial charge in [-0.05, 0) is 36.9 Å². The van der Waals surface area contributed by atoms with E-state index in [-0.39, 0.29) is 17.3 Å². The summed E-state index contributed by atoms with van der Waals surface area (Å²) in [6.07, 6.45) is -4.61. The molecule has 0 aliphatic carbocycles. The van der Waals surface area contributed by atoms with Gasteiger partial charge >= 0.3 is 12.1 Å². The van der Waals surface area contributed by atoms with Crippen molar-refractivity contribution >= 4 is 23.4 Å².